The molecule has 2 aromatic rings. The van der Waals surface area contributed by atoms with Crippen LogP contribution < -0.4 is 16.0 Å². The number of hydrogen-bond acceptors (Lipinski definition) is 4. The van der Waals surface area contributed by atoms with E-state index in [0.717, 1.165) is 5.82 Å². The highest BCUT2D eigenvalue weighted by atomic mass is 19.1. The molecule has 25 heavy (non-hydrogen) atoms. The van der Waals surface area contributed by atoms with Crippen molar-refractivity contribution < 1.29 is 9.18 Å². The summed E-state index contributed by atoms with van der Waals surface area (Å²) in [6.07, 6.45) is 1.64. The molecule has 1 aromatic carbocycles. The van der Waals surface area contributed by atoms with Gasteiger partial charge in [0.15, 0.2) is 5.96 Å². The Morgan fingerprint density at radius 2 is 2.08 bits per heavy atom. The Bertz CT molecular complexity index is 729. The van der Waals surface area contributed by atoms with Crippen LogP contribution in [-0.2, 0) is 24.8 Å². The molecule has 0 aliphatic carbocycles. The van der Waals surface area contributed by atoms with E-state index in [1.54, 1.807) is 23.9 Å². The van der Waals surface area contributed by atoms with Crippen molar-refractivity contribution in [1.82, 2.24) is 30.7 Å². The zero-order valence-electron chi connectivity index (χ0n) is 14.3. The molecule has 9 heteroatoms. The summed E-state index contributed by atoms with van der Waals surface area (Å²) in [6, 6.07) is 6.02. The normalized spacial score (nSPS) is 11.2. The second kappa shape index (κ2) is 9.36. The van der Waals surface area contributed by atoms with Crippen LogP contribution in [0.5, 0.6) is 0 Å². The number of aromatic nitrogens is 3. The van der Waals surface area contributed by atoms with Gasteiger partial charge in [0.25, 0.3) is 0 Å². The minimum Gasteiger partial charge on any atom is -0.355 e. The van der Waals surface area contributed by atoms with E-state index in [1.165, 1.54) is 18.5 Å². The lowest BCUT2D eigenvalue weighted by Crippen LogP contribution is -2.41. The van der Waals surface area contributed by atoms with E-state index in [4.69, 9.17) is 0 Å². The summed E-state index contributed by atoms with van der Waals surface area (Å²) < 4.78 is 14.8. The largest absolute Gasteiger partial charge is 0.355 e. The maximum atomic E-state index is 13.1. The van der Waals surface area contributed by atoms with Crippen LogP contribution in [-0.4, -0.2) is 46.8 Å². The van der Waals surface area contributed by atoms with Gasteiger partial charge in [-0.1, -0.05) is 12.1 Å². The number of guanidine groups is 1. The van der Waals surface area contributed by atoms with Crippen molar-refractivity contribution in [2.24, 2.45) is 12.0 Å². The van der Waals surface area contributed by atoms with Crippen LogP contribution in [0.15, 0.2) is 35.6 Å². The van der Waals surface area contributed by atoms with Gasteiger partial charge >= 0.3 is 0 Å². The number of nitrogens with one attached hydrogen (secondary N) is 3. The highest BCUT2D eigenvalue weighted by Crippen LogP contribution is 2.03. The van der Waals surface area contributed by atoms with Crippen molar-refractivity contribution in [3.8, 4) is 0 Å². The number of carbonyl (C=O) groups excluding carboxylic acids is 1. The molecule has 0 bridgehead atoms. The summed E-state index contributed by atoms with van der Waals surface area (Å²) in [6.45, 7) is 1.42. The van der Waals surface area contributed by atoms with Gasteiger partial charge in [-0.25, -0.2) is 9.37 Å². The zero-order chi connectivity index (χ0) is 18.1. The number of benzene rings is 1. The Kier molecular flexibility index (Phi) is 6.87. The topological polar surface area (TPSA) is 96.2 Å². The van der Waals surface area contributed by atoms with Gasteiger partial charge in [0.2, 0.25) is 5.91 Å². The van der Waals surface area contributed by atoms with Crippen LogP contribution in [0.25, 0.3) is 0 Å². The van der Waals surface area contributed by atoms with E-state index in [9.17, 15) is 9.18 Å². The number of carbonyl (C=O) groups is 1. The Morgan fingerprint density at radius 3 is 2.76 bits per heavy atom. The Morgan fingerprint density at radius 1 is 1.28 bits per heavy atom. The van der Waals surface area contributed by atoms with Crippen molar-refractivity contribution in [2.45, 2.75) is 13.0 Å². The average Bonchev–Trinajstić information content (AvgIpc) is 2.99. The van der Waals surface area contributed by atoms with E-state index >= 15 is 0 Å². The van der Waals surface area contributed by atoms with Crippen molar-refractivity contribution in [3.05, 3.63) is 47.8 Å². The van der Waals surface area contributed by atoms with Crippen molar-refractivity contribution in [2.75, 3.05) is 20.1 Å². The number of aryl methyl sites for hydroxylation is 1. The van der Waals surface area contributed by atoms with Gasteiger partial charge in [-0.15, -0.1) is 0 Å². The molecule has 0 spiro atoms. The quantitative estimate of drug-likeness (QED) is 0.372. The summed E-state index contributed by atoms with van der Waals surface area (Å²) in [5.41, 5.74) is 0.645. The molecule has 0 saturated carbocycles. The molecule has 0 aliphatic rings. The average molecular weight is 347 g/mol. The fourth-order valence-corrected chi connectivity index (χ4v) is 2.14. The smallest absolute Gasteiger partial charge is 0.224 e. The predicted octanol–water partition coefficient (Wildman–Crippen LogP) is -0.0219. The lowest BCUT2D eigenvalue weighted by atomic mass is 10.1. The summed E-state index contributed by atoms with van der Waals surface area (Å²) in [7, 11) is 3.48. The molecule has 0 aliphatic heterocycles. The first-order valence-corrected chi connectivity index (χ1v) is 7.87. The standard InChI is InChI=1S/C16H22FN7O/c1-18-16(21-10-14-22-11-23-24(14)2)20-7-6-19-15(25)9-12-4-3-5-13(17)8-12/h3-5,8,11H,6-7,9-10H2,1-2H3,(H,19,25)(H2,18,20,21). The summed E-state index contributed by atoms with van der Waals surface area (Å²) >= 11 is 0. The van der Waals surface area contributed by atoms with Gasteiger partial charge in [0, 0.05) is 27.2 Å². The minimum absolute atomic E-state index is 0.150. The maximum Gasteiger partial charge on any atom is 0.224 e. The van der Waals surface area contributed by atoms with Gasteiger partial charge in [0.05, 0.1) is 13.0 Å². The molecule has 2 rings (SSSR count). The summed E-state index contributed by atoms with van der Waals surface area (Å²) in [5, 5.41) is 13.0. The van der Waals surface area contributed by atoms with E-state index in [-0.39, 0.29) is 18.1 Å². The highest BCUT2D eigenvalue weighted by molar-refractivity contribution is 5.80. The molecule has 0 saturated heterocycles. The first kappa shape index (κ1) is 18.4. The lowest BCUT2D eigenvalue weighted by Gasteiger charge is -2.12. The van der Waals surface area contributed by atoms with Gasteiger partial charge in [-0.3, -0.25) is 14.5 Å². The number of rotatable bonds is 7. The maximum absolute atomic E-state index is 13.1. The van der Waals surface area contributed by atoms with Crippen LogP contribution in [0, 0.1) is 5.82 Å². The van der Waals surface area contributed by atoms with Crippen LogP contribution >= 0.6 is 0 Å². The molecule has 1 heterocycles. The zero-order valence-corrected chi connectivity index (χ0v) is 14.3. The molecule has 0 atom stereocenters. The fraction of sp³-hybridized carbons (Fsp3) is 0.375. The van der Waals surface area contributed by atoms with Gasteiger partial charge in [-0.05, 0) is 17.7 Å². The number of aliphatic imine (C=N–C) groups is 1. The summed E-state index contributed by atoms with van der Waals surface area (Å²) in [5.74, 6) is 0.882. The first-order chi connectivity index (χ1) is 12.1. The number of amides is 1. The first-order valence-electron chi connectivity index (χ1n) is 7.87. The predicted molar refractivity (Wildman–Crippen MR) is 92.3 cm³/mol. The highest BCUT2D eigenvalue weighted by Gasteiger charge is 2.05. The number of hydrogen-bond donors (Lipinski definition) is 3. The van der Waals surface area contributed by atoms with Crippen molar-refractivity contribution >= 4 is 11.9 Å². The van der Waals surface area contributed by atoms with Crippen LogP contribution in [0.2, 0.25) is 0 Å². The third-order valence-corrected chi connectivity index (χ3v) is 3.44. The van der Waals surface area contributed by atoms with Crippen molar-refractivity contribution in [1.29, 1.82) is 0 Å². The third kappa shape index (κ3) is 6.21. The molecule has 0 radical (unpaired) electrons. The SMILES string of the molecule is CN=C(NCCNC(=O)Cc1cccc(F)c1)NCc1ncnn1C. The van der Waals surface area contributed by atoms with E-state index in [1.807, 2.05) is 7.05 Å². The molecule has 0 unspecified atom stereocenters. The molecule has 1 aromatic heterocycles. The van der Waals surface area contributed by atoms with Gasteiger partial charge in [-0.2, -0.15) is 5.10 Å². The fourth-order valence-electron chi connectivity index (χ4n) is 2.14. The monoisotopic (exact) mass is 347 g/mol. The second-order valence-corrected chi connectivity index (χ2v) is 5.31. The summed E-state index contributed by atoms with van der Waals surface area (Å²) in [4.78, 5) is 20.0. The van der Waals surface area contributed by atoms with Crippen LogP contribution in [0.4, 0.5) is 4.39 Å². The van der Waals surface area contributed by atoms with E-state index in [0.29, 0.717) is 31.2 Å². The molecule has 0 fully saturated rings. The van der Waals surface area contributed by atoms with Crippen LogP contribution in [0.1, 0.15) is 11.4 Å². The molecular weight excluding hydrogens is 325 g/mol. The number of halogens is 1. The lowest BCUT2D eigenvalue weighted by molar-refractivity contribution is -0.120. The second-order valence-electron chi connectivity index (χ2n) is 5.31. The molecule has 1 amide bonds. The minimum atomic E-state index is -0.343. The molecular formula is C16H22FN7O. The third-order valence-electron chi connectivity index (χ3n) is 3.44. The molecule has 3 N–H and O–H groups in total. The van der Waals surface area contributed by atoms with Crippen molar-refractivity contribution in [3.63, 3.8) is 0 Å². The molecule has 134 valence electrons. The molecule has 8 nitrogen and oxygen atoms in total. The Labute approximate surface area is 145 Å². The Balaban J connectivity index is 1.65. The Hall–Kier alpha value is -2.97. The van der Waals surface area contributed by atoms with Gasteiger partial charge in [0.1, 0.15) is 18.0 Å². The van der Waals surface area contributed by atoms with Gasteiger partial charge < -0.3 is 16.0 Å². The van der Waals surface area contributed by atoms with E-state index in [2.05, 4.69) is 31.0 Å². The van der Waals surface area contributed by atoms with E-state index < -0.39 is 0 Å². The number of nitrogens with zero attached hydrogens (tertiary/aromatic N) is 4. The van der Waals surface area contributed by atoms with Crippen LogP contribution in [0.3, 0.4) is 0 Å².